The van der Waals surface area contributed by atoms with Crippen LogP contribution in [-0.4, -0.2) is 60.4 Å². The van der Waals surface area contributed by atoms with Gasteiger partial charge in [-0.2, -0.15) is 0 Å². The number of carbonyl (C=O) groups excluding carboxylic acids is 2. The molecular formula is C26H31Cl2N3O5S. The number of ether oxygens (including phenoxy) is 1. The van der Waals surface area contributed by atoms with Crippen LogP contribution in [0.4, 0.5) is 0 Å². The van der Waals surface area contributed by atoms with E-state index in [1.165, 1.54) is 4.31 Å². The van der Waals surface area contributed by atoms with Crippen molar-refractivity contribution in [2.45, 2.75) is 62.1 Å². The van der Waals surface area contributed by atoms with Gasteiger partial charge in [-0.1, -0.05) is 54.4 Å². The van der Waals surface area contributed by atoms with Crippen LogP contribution < -0.4 is 5.73 Å². The third-order valence-corrected chi connectivity index (χ3v) is 9.73. The molecule has 1 saturated carbocycles. The Labute approximate surface area is 227 Å². The van der Waals surface area contributed by atoms with Gasteiger partial charge in [-0.15, -0.1) is 0 Å². The molecule has 0 aromatic heterocycles. The Morgan fingerprint density at radius 2 is 1.81 bits per heavy atom. The van der Waals surface area contributed by atoms with Crippen LogP contribution in [-0.2, 0) is 24.3 Å². The van der Waals surface area contributed by atoms with Crippen LogP contribution in [0.3, 0.4) is 0 Å². The number of primary amides is 1. The second-order valence-corrected chi connectivity index (χ2v) is 12.8. The Bertz CT molecular complexity index is 1250. The van der Waals surface area contributed by atoms with Crippen LogP contribution >= 0.6 is 23.2 Å². The Hall–Kier alpha value is -2.17. The number of carbonyl (C=O) groups is 2. The van der Waals surface area contributed by atoms with Crippen LogP contribution in [0, 0.1) is 0 Å². The van der Waals surface area contributed by atoms with E-state index >= 15 is 0 Å². The third-order valence-electron chi connectivity index (χ3n) is 6.92. The Morgan fingerprint density at radius 1 is 1.14 bits per heavy atom. The normalized spacial score (nSPS) is 23.3. The van der Waals surface area contributed by atoms with Crippen LogP contribution in [0.15, 0.2) is 48.5 Å². The number of amides is 2. The molecule has 0 bridgehead atoms. The summed E-state index contributed by atoms with van der Waals surface area (Å²) in [6.45, 7) is 2.01. The molecule has 2 aliphatic rings. The van der Waals surface area contributed by atoms with Gasteiger partial charge in [0, 0.05) is 29.7 Å². The van der Waals surface area contributed by atoms with E-state index in [0.717, 1.165) is 5.56 Å². The van der Waals surface area contributed by atoms with Gasteiger partial charge in [0.05, 0.1) is 17.7 Å². The maximum atomic E-state index is 13.9. The molecule has 1 aliphatic carbocycles. The summed E-state index contributed by atoms with van der Waals surface area (Å²) in [6, 6.07) is 13.1. The second-order valence-electron chi connectivity index (χ2n) is 9.60. The number of benzene rings is 2. The molecule has 2 aromatic carbocycles. The zero-order valence-corrected chi connectivity index (χ0v) is 23.0. The number of rotatable bonds is 10. The van der Waals surface area contributed by atoms with Gasteiger partial charge in [-0.3, -0.25) is 9.59 Å². The Balaban J connectivity index is 1.81. The van der Waals surface area contributed by atoms with Crippen molar-refractivity contribution in [1.29, 1.82) is 0 Å². The molecule has 200 valence electrons. The summed E-state index contributed by atoms with van der Waals surface area (Å²) < 4.78 is 33.5. The van der Waals surface area contributed by atoms with E-state index in [9.17, 15) is 18.0 Å². The van der Waals surface area contributed by atoms with Crippen molar-refractivity contribution in [2.75, 3.05) is 13.6 Å². The fraction of sp³-hybridized carbons (Fsp3) is 0.462. The highest BCUT2D eigenvalue weighted by atomic mass is 35.5. The maximum absolute atomic E-state index is 13.9. The minimum Gasteiger partial charge on any atom is -0.370 e. The summed E-state index contributed by atoms with van der Waals surface area (Å²) in [5.41, 5.74) is 6.95. The number of hydrogen-bond donors (Lipinski definition) is 1. The fourth-order valence-corrected chi connectivity index (χ4v) is 6.80. The van der Waals surface area contributed by atoms with Crippen molar-refractivity contribution < 1.29 is 22.7 Å². The van der Waals surface area contributed by atoms with Crippen LogP contribution in [0.5, 0.6) is 0 Å². The molecule has 0 spiro atoms. The lowest BCUT2D eigenvalue weighted by Crippen LogP contribution is -2.57. The number of nitrogens with zero attached hydrogens (tertiary/aromatic N) is 2. The van der Waals surface area contributed by atoms with Crippen LogP contribution in [0.1, 0.15) is 55.9 Å². The van der Waals surface area contributed by atoms with Gasteiger partial charge in [0.15, 0.2) is 0 Å². The minimum absolute atomic E-state index is 0.108. The monoisotopic (exact) mass is 567 g/mol. The second kappa shape index (κ2) is 11.3. The van der Waals surface area contributed by atoms with Gasteiger partial charge in [0.2, 0.25) is 15.9 Å². The van der Waals surface area contributed by atoms with Crippen molar-refractivity contribution in [3.05, 3.63) is 69.7 Å². The molecule has 2 N–H and O–H groups in total. The van der Waals surface area contributed by atoms with E-state index < -0.39 is 46.1 Å². The molecule has 2 amide bonds. The summed E-state index contributed by atoms with van der Waals surface area (Å²) in [4.78, 5) is 27.5. The molecule has 1 heterocycles. The number of halogens is 2. The first-order chi connectivity index (χ1) is 17.5. The van der Waals surface area contributed by atoms with E-state index in [0.29, 0.717) is 34.9 Å². The van der Waals surface area contributed by atoms with Gasteiger partial charge in [-0.25, -0.2) is 12.7 Å². The molecule has 11 heteroatoms. The first-order valence-electron chi connectivity index (χ1n) is 12.2. The smallest absolute Gasteiger partial charge is 0.253 e. The van der Waals surface area contributed by atoms with E-state index in [1.807, 2.05) is 25.1 Å². The van der Waals surface area contributed by atoms with Crippen molar-refractivity contribution in [3.8, 4) is 0 Å². The van der Waals surface area contributed by atoms with Crippen molar-refractivity contribution in [3.63, 3.8) is 0 Å². The molecule has 8 nitrogen and oxygen atoms in total. The van der Waals surface area contributed by atoms with E-state index in [1.54, 1.807) is 42.3 Å². The van der Waals surface area contributed by atoms with Gasteiger partial charge < -0.3 is 15.4 Å². The van der Waals surface area contributed by atoms with Crippen LogP contribution in [0.2, 0.25) is 10.0 Å². The Kier molecular flexibility index (Phi) is 8.50. The predicted molar refractivity (Wildman–Crippen MR) is 143 cm³/mol. The lowest BCUT2D eigenvalue weighted by Gasteiger charge is -2.48. The number of hydrogen-bond acceptors (Lipinski definition) is 5. The lowest BCUT2D eigenvalue weighted by molar-refractivity contribution is -0.181. The molecule has 1 saturated heterocycles. The maximum Gasteiger partial charge on any atom is 0.253 e. The number of morpholine rings is 1. The molecule has 4 rings (SSSR count). The minimum atomic E-state index is -3.46. The summed E-state index contributed by atoms with van der Waals surface area (Å²) in [6.07, 6.45) is -0.348. The van der Waals surface area contributed by atoms with E-state index in [-0.39, 0.29) is 18.2 Å². The highest BCUT2D eigenvalue weighted by Gasteiger charge is 2.48. The molecule has 37 heavy (non-hydrogen) atoms. The van der Waals surface area contributed by atoms with Crippen molar-refractivity contribution in [2.24, 2.45) is 5.73 Å². The topological polar surface area (TPSA) is 110 Å². The summed E-state index contributed by atoms with van der Waals surface area (Å²) in [5, 5.41) is 0.656. The number of nitrogens with two attached hydrogens (primary N) is 1. The van der Waals surface area contributed by atoms with Crippen molar-refractivity contribution >= 4 is 45.0 Å². The highest BCUT2D eigenvalue weighted by Crippen LogP contribution is 2.45. The quantitative estimate of drug-likeness (QED) is 0.465. The zero-order valence-electron chi connectivity index (χ0n) is 20.7. The predicted octanol–water partition coefficient (Wildman–Crippen LogP) is 4.08. The van der Waals surface area contributed by atoms with Gasteiger partial charge in [0.25, 0.3) is 5.91 Å². The molecule has 0 radical (unpaired) electrons. The highest BCUT2D eigenvalue weighted by molar-refractivity contribution is 7.90. The first kappa shape index (κ1) is 27.9. The van der Waals surface area contributed by atoms with E-state index in [4.69, 9.17) is 33.7 Å². The molecule has 2 fully saturated rings. The van der Waals surface area contributed by atoms with Gasteiger partial charge >= 0.3 is 0 Å². The fourth-order valence-electron chi connectivity index (χ4n) is 4.86. The molecule has 1 unspecified atom stereocenters. The molecule has 2 aromatic rings. The molecular weight excluding hydrogens is 537 g/mol. The molecule has 1 aliphatic heterocycles. The third kappa shape index (κ3) is 6.12. The average Bonchev–Trinajstić information content (AvgIpc) is 3.70. The summed E-state index contributed by atoms with van der Waals surface area (Å²) in [7, 11) is -1.91. The SMILES string of the molecule is CCC(CN(C)S(=O)(=O)C1CC1)N1C(=O)[C@H](CC(N)=O)O[C@H](c2cccc(Cl)c2)[C@H]1c1ccc(Cl)cc1. The number of likely N-dealkylation sites (N-methyl/N-ethyl adjacent to an activating group) is 1. The van der Waals surface area contributed by atoms with Gasteiger partial charge in [-0.05, 0) is 54.7 Å². The lowest BCUT2D eigenvalue weighted by atomic mass is 9.89. The van der Waals surface area contributed by atoms with Gasteiger partial charge in [0.1, 0.15) is 12.2 Å². The largest absolute Gasteiger partial charge is 0.370 e. The standard InChI is InChI=1S/C26H31Cl2N3O5S/c1-3-20(15-30(2)37(34,35)21-11-12-21)31-24(16-7-9-18(27)10-8-16)25(17-5-4-6-19(28)13-17)36-22(26(31)33)14-23(29)32/h4-10,13,20-22,24-25H,3,11-12,14-15H2,1-2H3,(H2,29,32)/t20?,22-,24+,25+/m0/s1. The number of sulfonamides is 1. The molecule has 4 atom stereocenters. The Morgan fingerprint density at radius 3 is 2.38 bits per heavy atom. The average molecular weight is 569 g/mol. The van der Waals surface area contributed by atoms with Crippen molar-refractivity contribution in [1.82, 2.24) is 9.21 Å². The summed E-state index contributed by atoms with van der Waals surface area (Å²) >= 11 is 12.5. The van der Waals surface area contributed by atoms with E-state index in [2.05, 4.69) is 0 Å². The first-order valence-corrected chi connectivity index (χ1v) is 14.5. The summed E-state index contributed by atoms with van der Waals surface area (Å²) in [5.74, 6) is -1.09. The van der Waals surface area contributed by atoms with Crippen LogP contribution in [0.25, 0.3) is 0 Å². The zero-order chi connectivity index (χ0) is 26.9.